The molecule has 0 spiro atoms. The lowest BCUT2D eigenvalue weighted by molar-refractivity contribution is -0.139. The molecule has 0 radical (unpaired) electrons. The summed E-state index contributed by atoms with van der Waals surface area (Å²) >= 11 is 0. The van der Waals surface area contributed by atoms with Gasteiger partial charge < -0.3 is 20.5 Å². The third-order valence-corrected chi connectivity index (χ3v) is 3.10. The van der Waals surface area contributed by atoms with Crippen LogP contribution in [-0.4, -0.2) is 38.3 Å². The monoisotopic (exact) mass is 370 g/mol. The van der Waals surface area contributed by atoms with E-state index in [0.29, 0.717) is 0 Å². The highest BCUT2D eigenvalue weighted by Crippen LogP contribution is 2.35. The molecule has 3 N–H and O–H groups in total. The van der Waals surface area contributed by atoms with Gasteiger partial charge in [-0.1, -0.05) is 12.1 Å². The van der Waals surface area contributed by atoms with Gasteiger partial charge >= 0.3 is 6.18 Å². The van der Waals surface area contributed by atoms with E-state index in [0.717, 1.165) is 6.07 Å². The van der Waals surface area contributed by atoms with Gasteiger partial charge in [-0.2, -0.15) is 13.2 Å². The Bertz CT molecular complexity index is 511. The summed E-state index contributed by atoms with van der Waals surface area (Å²) in [6, 6.07) is 4.48. The molecule has 1 rings (SSSR count). The minimum atomic E-state index is -4.49. The number of rotatable bonds is 8. The number of benzene rings is 1. The Morgan fingerprint density at radius 2 is 1.96 bits per heavy atom. The highest BCUT2D eigenvalue weighted by Gasteiger charge is 2.34. The van der Waals surface area contributed by atoms with Gasteiger partial charge in [0.25, 0.3) is 0 Å². The van der Waals surface area contributed by atoms with Gasteiger partial charge in [0.2, 0.25) is 5.91 Å². The summed E-state index contributed by atoms with van der Waals surface area (Å²) < 4.78 is 48.7. The van der Waals surface area contributed by atoms with Crippen molar-refractivity contribution in [3.63, 3.8) is 0 Å². The van der Waals surface area contributed by atoms with E-state index in [1.807, 2.05) is 0 Å². The number of hydrogen-bond donors (Lipinski definition) is 2. The van der Waals surface area contributed by atoms with E-state index >= 15 is 0 Å². The number of alkyl halides is 3. The normalized spacial score (nSPS) is 13.6. The van der Waals surface area contributed by atoms with E-state index in [1.165, 1.54) is 25.3 Å². The molecule has 0 saturated carbocycles. The molecule has 24 heavy (non-hydrogen) atoms. The number of methoxy groups -OCH3 is 1. The molecular weight excluding hydrogens is 349 g/mol. The summed E-state index contributed by atoms with van der Waals surface area (Å²) in [4.78, 5) is 11.7. The highest BCUT2D eigenvalue weighted by atomic mass is 35.5. The Kier molecular flexibility index (Phi) is 9.72. The number of para-hydroxylation sites is 1. The number of ether oxygens (including phenoxy) is 2. The molecule has 1 aromatic rings. The quantitative estimate of drug-likeness (QED) is 0.737. The molecule has 138 valence electrons. The minimum absolute atomic E-state index is 0. The van der Waals surface area contributed by atoms with Gasteiger partial charge in [0.15, 0.2) is 0 Å². The summed E-state index contributed by atoms with van der Waals surface area (Å²) in [5.74, 6) is -0.569. The van der Waals surface area contributed by atoms with E-state index in [-0.39, 0.29) is 43.6 Å². The Labute approximate surface area is 145 Å². The zero-order valence-corrected chi connectivity index (χ0v) is 14.2. The van der Waals surface area contributed by atoms with Crippen molar-refractivity contribution in [3.8, 4) is 5.75 Å². The van der Waals surface area contributed by atoms with Crippen molar-refractivity contribution in [2.75, 3.05) is 20.3 Å². The lowest BCUT2D eigenvalue weighted by atomic mass is 10.2. The Hall–Kier alpha value is -1.51. The predicted octanol–water partition coefficient (Wildman–Crippen LogP) is 2.37. The number of carbonyl (C=O) groups is 1. The molecule has 0 aliphatic heterocycles. The summed E-state index contributed by atoms with van der Waals surface area (Å²) in [6.45, 7) is 1.76. The molecule has 0 aliphatic rings. The molecule has 0 fully saturated rings. The van der Waals surface area contributed by atoms with Crippen LogP contribution in [0.2, 0.25) is 0 Å². The second kappa shape index (κ2) is 10.4. The first kappa shape index (κ1) is 22.5. The first-order valence-corrected chi connectivity index (χ1v) is 7.09. The van der Waals surface area contributed by atoms with Crippen molar-refractivity contribution >= 4 is 18.3 Å². The largest absolute Gasteiger partial charge is 0.491 e. The summed E-state index contributed by atoms with van der Waals surface area (Å²) in [5.41, 5.74) is 4.57. The van der Waals surface area contributed by atoms with Gasteiger partial charge in [-0.15, -0.1) is 12.4 Å². The summed E-state index contributed by atoms with van der Waals surface area (Å²) in [5, 5.41) is 2.63. The third-order valence-electron chi connectivity index (χ3n) is 3.10. The third kappa shape index (κ3) is 7.37. The van der Waals surface area contributed by atoms with Crippen LogP contribution in [-0.2, 0) is 15.7 Å². The SMILES string of the molecule is COC(CN)CC(=O)NC(C)COc1ccccc1C(F)(F)F.Cl. The molecule has 5 nitrogen and oxygen atoms in total. The topological polar surface area (TPSA) is 73.6 Å². The zero-order valence-electron chi connectivity index (χ0n) is 13.4. The van der Waals surface area contributed by atoms with Gasteiger partial charge in [0.05, 0.1) is 24.1 Å². The summed E-state index contributed by atoms with van der Waals surface area (Å²) in [7, 11) is 1.45. The second-order valence-corrected chi connectivity index (χ2v) is 5.07. The molecule has 0 saturated heterocycles. The van der Waals surface area contributed by atoms with E-state index in [2.05, 4.69) is 5.32 Å². The van der Waals surface area contributed by atoms with Crippen LogP contribution in [0.25, 0.3) is 0 Å². The van der Waals surface area contributed by atoms with Crippen molar-refractivity contribution in [1.82, 2.24) is 5.32 Å². The van der Waals surface area contributed by atoms with E-state index in [9.17, 15) is 18.0 Å². The van der Waals surface area contributed by atoms with Crippen molar-refractivity contribution < 1.29 is 27.4 Å². The number of halogens is 4. The van der Waals surface area contributed by atoms with Gasteiger partial charge in [0, 0.05) is 13.7 Å². The lowest BCUT2D eigenvalue weighted by Crippen LogP contribution is -2.39. The van der Waals surface area contributed by atoms with Crippen molar-refractivity contribution in [2.45, 2.75) is 31.7 Å². The lowest BCUT2D eigenvalue weighted by Gasteiger charge is -2.19. The fourth-order valence-corrected chi connectivity index (χ4v) is 1.89. The first-order valence-electron chi connectivity index (χ1n) is 7.09. The molecule has 2 atom stereocenters. The first-order chi connectivity index (χ1) is 10.8. The van der Waals surface area contributed by atoms with E-state index in [4.69, 9.17) is 15.2 Å². The van der Waals surface area contributed by atoms with E-state index in [1.54, 1.807) is 6.92 Å². The van der Waals surface area contributed by atoms with Crippen molar-refractivity contribution in [3.05, 3.63) is 29.8 Å². The van der Waals surface area contributed by atoms with Gasteiger partial charge in [-0.25, -0.2) is 0 Å². The van der Waals surface area contributed by atoms with Crippen LogP contribution in [0.4, 0.5) is 13.2 Å². The van der Waals surface area contributed by atoms with Crippen molar-refractivity contribution in [2.24, 2.45) is 5.73 Å². The number of hydrogen-bond acceptors (Lipinski definition) is 4. The van der Waals surface area contributed by atoms with E-state index < -0.39 is 23.9 Å². The standard InChI is InChI=1S/C15H21F3N2O3.ClH/c1-10(20-14(21)7-11(8-19)22-2)9-23-13-6-4-3-5-12(13)15(16,17)18;/h3-6,10-11H,7-9,19H2,1-2H3,(H,20,21);1H. The van der Waals surface area contributed by atoms with Gasteiger partial charge in [-0.3, -0.25) is 4.79 Å². The molecule has 0 bridgehead atoms. The molecule has 2 unspecified atom stereocenters. The Balaban J connectivity index is 0.00000529. The van der Waals surface area contributed by atoms with Crippen LogP contribution in [0.3, 0.4) is 0 Å². The van der Waals surface area contributed by atoms with Crippen LogP contribution in [0.1, 0.15) is 18.9 Å². The maximum atomic E-state index is 12.8. The number of nitrogens with one attached hydrogen (secondary N) is 1. The van der Waals surface area contributed by atoms with Crippen LogP contribution in [0.15, 0.2) is 24.3 Å². The smallest absolute Gasteiger partial charge is 0.419 e. The summed E-state index contributed by atoms with van der Waals surface area (Å²) in [6.07, 6.45) is -4.80. The van der Waals surface area contributed by atoms with Crippen LogP contribution < -0.4 is 15.8 Å². The molecule has 9 heteroatoms. The minimum Gasteiger partial charge on any atom is -0.491 e. The second-order valence-electron chi connectivity index (χ2n) is 5.07. The van der Waals surface area contributed by atoms with Crippen LogP contribution >= 0.6 is 12.4 Å². The van der Waals surface area contributed by atoms with Gasteiger partial charge in [0.1, 0.15) is 12.4 Å². The average Bonchev–Trinajstić information content (AvgIpc) is 2.50. The number of amides is 1. The predicted molar refractivity (Wildman–Crippen MR) is 86.3 cm³/mol. The highest BCUT2D eigenvalue weighted by molar-refractivity contribution is 5.85. The number of carbonyl (C=O) groups excluding carboxylic acids is 1. The fraction of sp³-hybridized carbons (Fsp3) is 0.533. The Morgan fingerprint density at radius 1 is 1.33 bits per heavy atom. The maximum Gasteiger partial charge on any atom is 0.419 e. The molecule has 0 aromatic heterocycles. The van der Waals surface area contributed by atoms with Crippen LogP contribution in [0, 0.1) is 0 Å². The van der Waals surface area contributed by atoms with Crippen molar-refractivity contribution in [1.29, 1.82) is 0 Å². The maximum absolute atomic E-state index is 12.8. The number of nitrogens with two attached hydrogens (primary N) is 1. The molecular formula is C15H22ClF3N2O3. The molecule has 0 heterocycles. The Morgan fingerprint density at radius 3 is 2.50 bits per heavy atom. The molecule has 0 aliphatic carbocycles. The average molecular weight is 371 g/mol. The van der Waals surface area contributed by atoms with Crippen LogP contribution in [0.5, 0.6) is 5.75 Å². The fourth-order valence-electron chi connectivity index (χ4n) is 1.89. The van der Waals surface area contributed by atoms with Gasteiger partial charge in [-0.05, 0) is 19.1 Å². The molecule has 1 amide bonds. The molecule has 1 aromatic carbocycles. The zero-order chi connectivity index (χ0) is 17.5.